The summed E-state index contributed by atoms with van der Waals surface area (Å²) in [7, 11) is 1.30. The summed E-state index contributed by atoms with van der Waals surface area (Å²) in [5.74, 6) is 0.124. The number of alkyl halides is 3. The average Bonchev–Trinajstić information content (AvgIpc) is 2.72. The Labute approximate surface area is 189 Å². The number of hydrogen-bond donors (Lipinski definition) is 1. The average molecular weight is 468 g/mol. The van der Waals surface area contributed by atoms with Crippen LogP contribution < -0.4 is 15.7 Å². The summed E-state index contributed by atoms with van der Waals surface area (Å²) >= 11 is 0. The minimum absolute atomic E-state index is 0.0359. The normalized spacial score (nSPS) is 15.0. The molecule has 0 fully saturated rings. The van der Waals surface area contributed by atoms with E-state index in [1.165, 1.54) is 24.1 Å². The van der Waals surface area contributed by atoms with Gasteiger partial charge in [-0.25, -0.2) is 9.78 Å². The van der Waals surface area contributed by atoms with Gasteiger partial charge in [-0.1, -0.05) is 12.1 Å². The molecular weight excluding hydrogens is 441 g/mol. The number of ether oxygens (including phenoxy) is 1. The predicted octanol–water partition coefficient (Wildman–Crippen LogP) is 3.79. The lowest BCUT2D eigenvalue weighted by atomic mass is 10.1. The van der Waals surface area contributed by atoms with Crippen molar-refractivity contribution in [2.45, 2.75) is 58.5 Å². The van der Waals surface area contributed by atoms with Crippen molar-refractivity contribution in [2.24, 2.45) is 0 Å². The van der Waals surface area contributed by atoms with Crippen molar-refractivity contribution >= 4 is 12.0 Å². The lowest BCUT2D eigenvalue weighted by molar-refractivity contribution is -0.137. The van der Waals surface area contributed by atoms with Gasteiger partial charge in [0.1, 0.15) is 12.7 Å². The molecule has 0 bridgehead atoms. The van der Waals surface area contributed by atoms with E-state index < -0.39 is 35.0 Å². The third-order valence-electron chi connectivity index (χ3n) is 5.11. The van der Waals surface area contributed by atoms with Gasteiger partial charge in [-0.2, -0.15) is 13.2 Å². The van der Waals surface area contributed by atoms with Gasteiger partial charge in [0.2, 0.25) is 5.95 Å². The number of hydrogen-bond acceptors (Lipinski definition) is 6. The monoisotopic (exact) mass is 468 g/mol. The van der Waals surface area contributed by atoms with E-state index in [2.05, 4.69) is 10.3 Å². The maximum absolute atomic E-state index is 13.0. The lowest BCUT2D eigenvalue weighted by Gasteiger charge is -2.31. The molecule has 1 atom stereocenters. The molecule has 1 aromatic carbocycles. The molecule has 33 heavy (non-hydrogen) atoms. The van der Waals surface area contributed by atoms with E-state index in [4.69, 9.17) is 9.57 Å². The highest BCUT2D eigenvalue weighted by atomic mass is 19.4. The van der Waals surface area contributed by atoms with Crippen LogP contribution in [0.5, 0.6) is 0 Å². The second kappa shape index (κ2) is 8.95. The van der Waals surface area contributed by atoms with Gasteiger partial charge in [0.15, 0.2) is 0 Å². The van der Waals surface area contributed by atoms with Crippen LogP contribution in [0.25, 0.3) is 0 Å². The SMILES string of the molecule is COn1c(N[C@@H](C)c2ccc(C(F)(F)F)cc2)nc2c(c1=O)CN(C(=O)OC(C)(C)C)CC2. The van der Waals surface area contributed by atoms with Crippen LogP contribution in [0.2, 0.25) is 0 Å². The fraction of sp³-hybridized carbons (Fsp3) is 0.500. The minimum Gasteiger partial charge on any atom is -0.444 e. The smallest absolute Gasteiger partial charge is 0.416 e. The Hall–Kier alpha value is -3.24. The van der Waals surface area contributed by atoms with Crippen LogP contribution in [0.4, 0.5) is 23.9 Å². The number of aromatic nitrogens is 2. The van der Waals surface area contributed by atoms with Gasteiger partial charge in [-0.15, -0.1) is 4.73 Å². The summed E-state index contributed by atoms with van der Waals surface area (Å²) in [6, 6.07) is 4.28. The van der Waals surface area contributed by atoms with Crippen molar-refractivity contribution in [1.29, 1.82) is 0 Å². The largest absolute Gasteiger partial charge is 0.444 e. The summed E-state index contributed by atoms with van der Waals surface area (Å²) in [6.07, 6.45) is -4.59. The quantitative estimate of drug-likeness (QED) is 0.735. The number of benzene rings is 1. The maximum atomic E-state index is 13.0. The Morgan fingerprint density at radius 3 is 2.36 bits per heavy atom. The molecule has 0 saturated carbocycles. The van der Waals surface area contributed by atoms with E-state index >= 15 is 0 Å². The molecule has 180 valence electrons. The number of fused-ring (bicyclic) bond motifs is 1. The molecule has 0 spiro atoms. The van der Waals surface area contributed by atoms with Crippen LogP contribution in [0, 0.1) is 0 Å². The highest BCUT2D eigenvalue weighted by Gasteiger charge is 2.31. The van der Waals surface area contributed by atoms with Crippen LogP contribution in [0.15, 0.2) is 29.1 Å². The van der Waals surface area contributed by atoms with Crippen molar-refractivity contribution in [3.05, 3.63) is 57.0 Å². The third kappa shape index (κ3) is 5.58. The van der Waals surface area contributed by atoms with E-state index in [0.717, 1.165) is 16.9 Å². The maximum Gasteiger partial charge on any atom is 0.416 e. The van der Waals surface area contributed by atoms with Crippen molar-refractivity contribution in [2.75, 3.05) is 19.0 Å². The van der Waals surface area contributed by atoms with Crippen molar-refractivity contribution in [1.82, 2.24) is 14.6 Å². The number of carbonyl (C=O) groups excluding carboxylic acids is 1. The van der Waals surface area contributed by atoms with Gasteiger partial charge in [-0.3, -0.25) is 4.79 Å². The standard InChI is InChI=1S/C22H27F3N4O4/c1-13(14-6-8-15(9-7-14)22(23,24)25)26-19-27-17-10-11-28(20(31)33-21(2,3)4)12-16(17)18(30)29(19)32-5/h6-9,13H,10-12H2,1-5H3,(H,26,27)/t13-/m0/s1. The molecule has 1 aromatic heterocycles. The fourth-order valence-electron chi connectivity index (χ4n) is 3.44. The number of rotatable bonds is 4. The molecule has 0 saturated heterocycles. The molecule has 1 amide bonds. The first-order chi connectivity index (χ1) is 15.3. The summed E-state index contributed by atoms with van der Waals surface area (Å²) in [6.45, 7) is 7.39. The Bertz CT molecular complexity index is 1080. The molecule has 1 aliphatic rings. The van der Waals surface area contributed by atoms with Gasteiger partial charge in [-0.05, 0) is 45.4 Å². The number of carbonyl (C=O) groups is 1. The Balaban J connectivity index is 1.83. The zero-order valence-electron chi connectivity index (χ0n) is 19.1. The van der Waals surface area contributed by atoms with Crippen LogP contribution in [0.3, 0.4) is 0 Å². The van der Waals surface area contributed by atoms with Crippen LogP contribution >= 0.6 is 0 Å². The lowest BCUT2D eigenvalue weighted by Crippen LogP contribution is -2.44. The summed E-state index contributed by atoms with van der Waals surface area (Å²) in [5, 5.41) is 3.03. The fourth-order valence-corrected chi connectivity index (χ4v) is 3.44. The van der Waals surface area contributed by atoms with Gasteiger partial charge in [0.25, 0.3) is 5.56 Å². The summed E-state index contributed by atoms with van der Waals surface area (Å²) in [5.41, 5.74) is -0.456. The van der Waals surface area contributed by atoms with Gasteiger partial charge in [0.05, 0.1) is 29.4 Å². The summed E-state index contributed by atoms with van der Waals surface area (Å²) in [4.78, 5) is 36.6. The second-order valence-electron chi connectivity index (χ2n) is 8.78. The van der Waals surface area contributed by atoms with Gasteiger partial charge < -0.3 is 19.8 Å². The first kappa shape index (κ1) is 24.4. The molecule has 0 radical (unpaired) electrons. The molecule has 2 aromatic rings. The van der Waals surface area contributed by atoms with E-state index in [-0.39, 0.29) is 12.5 Å². The molecule has 1 N–H and O–H groups in total. The van der Waals surface area contributed by atoms with E-state index in [9.17, 15) is 22.8 Å². The Kier molecular flexibility index (Phi) is 6.62. The second-order valence-corrected chi connectivity index (χ2v) is 8.78. The molecule has 0 aliphatic carbocycles. The van der Waals surface area contributed by atoms with Crippen LogP contribution in [-0.4, -0.2) is 40.0 Å². The molecule has 11 heteroatoms. The van der Waals surface area contributed by atoms with Gasteiger partial charge >= 0.3 is 12.3 Å². The number of nitrogens with zero attached hydrogens (tertiary/aromatic N) is 3. The molecule has 0 unspecified atom stereocenters. The molecular formula is C22H27F3N4O4. The van der Waals surface area contributed by atoms with Crippen molar-refractivity contribution in [3.8, 4) is 0 Å². The number of anilines is 1. The number of halogens is 3. The number of amides is 1. The van der Waals surface area contributed by atoms with E-state index in [0.29, 0.717) is 29.8 Å². The molecule has 3 rings (SSSR count). The van der Waals surface area contributed by atoms with E-state index in [1.54, 1.807) is 27.7 Å². The van der Waals surface area contributed by atoms with Crippen molar-refractivity contribution < 1.29 is 27.5 Å². The molecule has 8 nitrogen and oxygen atoms in total. The third-order valence-corrected chi connectivity index (χ3v) is 5.11. The summed E-state index contributed by atoms with van der Waals surface area (Å²) < 4.78 is 44.8. The van der Waals surface area contributed by atoms with Gasteiger partial charge in [0, 0.05) is 13.0 Å². The Morgan fingerprint density at radius 1 is 1.18 bits per heavy atom. The minimum atomic E-state index is -4.42. The highest BCUT2D eigenvalue weighted by Crippen LogP contribution is 2.30. The predicted molar refractivity (Wildman–Crippen MR) is 115 cm³/mol. The number of nitrogens with one attached hydrogen (secondary N) is 1. The molecule has 2 heterocycles. The van der Waals surface area contributed by atoms with Crippen molar-refractivity contribution in [3.63, 3.8) is 0 Å². The highest BCUT2D eigenvalue weighted by molar-refractivity contribution is 5.68. The van der Waals surface area contributed by atoms with E-state index in [1.807, 2.05) is 0 Å². The Morgan fingerprint density at radius 2 is 1.82 bits per heavy atom. The zero-order valence-corrected chi connectivity index (χ0v) is 19.1. The molecule has 1 aliphatic heterocycles. The van der Waals surface area contributed by atoms with Crippen LogP contribution in [0.1, 0.15) is 56.1 Å². The first-order valence-electron chi connectivity index (χ1n) is 10.4. The topological polar surface area (TPSA) is 85.7 Å². The zero-order chi connectivity index (χ0) is 24.6. The first-order valence-corrected chi connectivity index (χ1v) is 10.4. The van der Waals surface area contributed by atoms with Crippen LogP contribution in [-0.2, 0) is 23.9 Å².